The molecule has 0 bridgehead atoms. The lowest BCUT2D eigenvalue weighted by atomic mass is 10.3. The molecule has 0 saturated heterocycles. The lowest BCUT2D eigenvalue weighted by Crippen LogP contribution is -2.17. The fourth-order valence-corrected chi connectivity index (χ4v) is 4.31. The minimum absolute atomic E-state index is 0.802. The summed E-state index contributed by atoms with van der Waals surface area (Å²) in [5, 5.41) is 14.3. The third-order valence-corrected chi connectivity index (χ3v) is 6.40. The van der Waals surface area contributed by atoms with Gasteiger partial charge in [0.05, 0.1) is 8.66 Å². The summed E-state index contributed by atoms with van der Waals surface area (Å²) >= 11 is 7.01. The van der Waals surface area contributed by atoms with Crippen molar-refractivity contribution in [2.24, 2.45) is 0 Å². The van der Waals surface area contributed by atoms with Gasteiger partial charge >= 0.3 is 0 Å². The van der Waals surface area contributed by atoms with E-state index >= 15 is 0 Å². The van der Waals surface area contributed by atoms with Gasteiger partial charge in [-0.2, -0.15) is 0 Å². The van der Waals surface area contributed by atoms with Crippen LogP contribution < -0.4 is 5.32 Å². The van der Waals surface area contributed by atoms with Gasteiger partial charge in [-0.25, -0.2) is 0 Å². The van der Waals surface area contributed by atoms with Crippen molar-refractivity contribution >= 4 is 38.6 Å². The molecule has 3 nitrogen and oxygen atoms in total. The monoisotopic (exact) mass is 357 g/mol. The van der Waals surface area contributed by atoms with Gasteiger partial charge in [0.1, 0.15) is 5.01 Å². The number of nitrogens with one attached hydrogen (secondary N) is 1. The van der Waals surface area contributed by atoms with Gasteiger partial charge in [-0.3, -0.25) is 0 Å². The maximum Gasteiger partial charge on any atom is 0.157 e. The Labute approximate surface area is 129 Å². The molecule has 3 rings (SSSR count). The molecule has 0 atom stereocenters. The number of thiophene rings is 1. The van der Waals surface area contributed by atoms with E-state index < -0.39 is 0 Å². The van der Waals surface area contributed by atoms with Crippen LogP contribution in [0, 0.1) is 6.92 Å². The molecule has 0 radical (unpaired) electrons. The van der Waals surface area contributed by atoms with Crippen LogP contribution in [0.4, 0.5) is 0 Å². The van der Waals surface area contributed by atoms with Crippen LogP contribution in [-0.2, 0) is 6.42 Å². The van der Waals surface area contributed by atoms with E-state index in [9.17, 15) is 0 Å². The van der Waals surface area contributed by atoms with Gasteiger partial charge in [0.15, 0.2) is 5.01 Å². The van der Waals surface area contributed by atoms with E-state index in [0.29, 0.717) is 0 Å². The highest BCUT2D eigenvalue weighted by atomic mass is 79.9. The Morgan fingerprint density at radius 2 is 2.21 bits per heavy atom. The molecule has 2 heterocycles. The predicted octanol–water partition coefficient (Wildman–Crippen LogP) is 4.02. The van der Waals surface area contributed by atoms with E-state index in [-0.39, 0.29) is 0 Å². The molecular formula is C13H16BrN3S2. The lowest BCUT2D eigenvalue weighted by molar-refractivity contribution is 0.643. The highest BCUT2D eigenvalue weighted by Gasteiger charge is 2.19. The van der Waals surface area contributed by atoms with E-state index in [4.69, 9.17) is 0 Å². The third-order valence-electron chi connectivity index (χ3n) is 3.11. The zero-order valence-electron chi connectivity index (χ0n) is 10.8. The summed E-state index contributed by atoms with van der Waals surface area (Å²) in [5.41, 5.74) is 1.27. The quantitative estimate of drug-likeness (QED) is 0.793. The molecule has 0 spiro atoms. The summed E-state index contributed by atoms with van der Waals surface area (Å²) in [5.74, 6) is 0. The second-order valence-electron chi connectivity index (χ2n) is 4.90. The normalized spacial score (nSPS) is 15.1. The smallest absolute Gasteiger partial charge is 0.157 e. The summed E-state index contributed by atoms with van der Waals surface area (Å²) in [6.07, 6.45) is 4.90. The van der Waals surface area contributed by atoms with Crippen LogP contribution in [0.25, 0.3) is 9.88 Å². The molecule has 1 saturated carbocycles. The topological polar surface area (TPSA) is 37.8 Å². The number of hydrogen-bond donors (Lipinski definition) is 1. The van der Waals surface area contributed by atoms with Crippen LogP contribution in [0.3, 0.4) is 0 Å². The van der Waals surface area contributed by atoms with Crippen LogP contribution in [-0.4, -0.2) is 22.8 Å². The van der Waals surface area contributed by atoms with Gasteiger partial charge in [-0.15, -0.1) is 21.5 Å². The fraction of sp³-hybridized carbons (Fsp3) is 0.538. The summed E-state index contributed by atoms with van der Waals surface area (Å²) in [6.45, 7) is 3.21. The highest BCUT2D eigenvalue weighted by molar-refractivity contribution is 9.11. The molecule has 0 aromatic carbocycles. The van der Waals surface area contributed by atoms with Gasteiger partial charge in [0.25, 0.3) is 0 Å². The van der Waals surface area contributed by atoms with E-state index in [1.54, 1.807) is 22.7 Å². The number of aryl methyl sites for hydroxylation is 2. The molecular weight excluding hydrogens is 342 g/mol. The van der Waals surface area contributed by atoms with Gasteiger partial charge in [-0.05, 0) is 60.3 Å². The van der Waals surface area contributed by atoms with Crippen LogP contribution in [0.15, 0.2) is 9.85 Å². The van der Waals surface area contributed by atoms with Crippen molar-refractivity contribution in [3.05, 3.63) is 20.4 Å². The van der Waals surface area contributed by atoms with E-state index in [2.05, 4.69) is 44.4 Å². The number of halogens is 1. The Balaban J connectivity index is 1.55. The summed E-state index contributed by atoms with van der Waals surface area (Å²) in [7, 11) is 0. The van der Waals surface area contributed by atoms with Gasteiger partial charge in [0, 0.05) is 12.5 Å². The Bertz CT molecular complexity index is 540. The Morgan fingerprint density at radius 1 is 1.37 bits per heavy atom. The Hall–Kier alpha value is -0.300. The zero-order valence-corrected chi connectivity index (χ0v) is 14.0. The average molecular weight is 358 g/mol. The average Bonchev–Trinajstić information content (AvgIpc) is 2.99. The largest absolute Gasteiger partial charge is 0.314 e. The van der Waals surface area contributed by atoms with Crippen molar-refractivity contribution in [1.82, 2.24) is 15.5 Å². The minimum Gasteiger partial charge on any atom is -0.314 e. The molecule has 0 amide bonds. The predicted molar refractivity (Wildman–Crippen MR) is 85.0 cm³/mol. The first-order chi connectivity index (χ1) is 9.22. The number of rotatable bonds is 6. The molecule has 102 valence electrons. The summed E-state index contributed by atoms with van der Waals surface area (Å²) in [6, 6.07) is 2.98. The minimum atomic E-state index is 0.802. The first kappa shape index (κ1) is 13.7. The SMILES string of the molecule is Cc1cc(-c2nnc(CCCNC3CC3)s2)sc1Br. The van der Waals surface area contributed by atoms with E-state index in [1.807, 2.05) is 0 Å². The maximum absolute atomic E-state index is 4.30. The molecule has 19 heavy (non-hydrogen) atoms. The Morgan fingerprint density at radius 3 is 2.89 bits per heavy atom. The highest BCUT2D eigenvalue weighted by Crippen LogP contribution is 2.36. The number of hydrogen-bond acceptors (Lipinski definition) is 5. The molecule has 2 aromatic rings. The standard InChI is InChI=1S/C13H16BrN3S2/c1-8-7-10(18-12(8)14)13-17-16-11(19-13)3-2-6-15-9-4-5-9/h7,9,15H,2-6H2,1H3. The maximum atomic E-state index is 4.30. The molecule has 1 N–H and O–H groups in total. The molecule has 6 heteroatoms. The van der Waals surface area contributed by atoms with Crippen LogP contribution >= 0.6 is 38.6 Å². The second kappa shape index (κ2) is 5.99. The zero-order chi connectivity index (χ0) is 13.2. The van der Waals surface area contributed by atoms with Crippen molar-refractivity contribution in [2.75, 3.05) is 6.54 Å². The van der Waals surface area contributed by atoms with Gasteiger partial charge < -0.3 is 5.32 Å². The summed E-state index contributed by atoms with van der Waals surface area (Å²) < 4.78 is 1.19. The van der Waals surface area contributed by atoms with E-state index in [1.165, 1.54) is 27.1 Å². The summed E-state index contributed by atoms with van der Waals surface area (Å²) in [4.78, 5) is 1.21. The number of aromatic nitrogens is 2. The van der Waals surface area contributed by atoms with Crippen molar-refractivity contribution in [2.45, 2.75) is 38.6 Å². The number of nitrogens with zero attached hydrogens (tertiary/aromatic N) is 2. The molecule has 1 aliphatic carbocycles. The molecule has 0 aliphatic heterocycles. The van der Waals surface area contributed by atoms with Gasteiger partial charge in [0.2, 0.25) is 0 Å². The van der Waals surface area contributed by atoms with Gasteiger partial charge in [-0.1, -0.05) is 11.3 Å². The van der Waals surface area contributed by atoms with Crippen molar-refractivity contribution in [3.8, 4) is 9.88 Å². The molecule has 1 fully saturated rings. The van der Waals surface area contributed by atoms with E-state index in [0.717, 1.165) is 35.4 Å². The first-order valence-electron chi connectivity index (χ1n) is 6.54. The Kier molecular flexibility index (Phi) is 4.31. The lowest BCUT2D eigenvalue weighted by Gasteiger charge is -1.99. The van der Waals surface area contributed by atoms with Crippen molar-refractivity contribution < 1.29 is 0 Å². The van der Waals surface area contributed by atoms with Crippen molar-refractivity contribution in [3.63, 3.8) is 0 Å². The third kappa shape index (κ3) is 3.62. The van der Waals surface area contributed by atoms with Crippen LogP contribution in [0.1, 0.15) is 29.8 Å². The van der Waals surface area contributed by atoms with Crippen LogP contribution in [0.5, 0.6) is 0 Å². The van der Waals surface area contributed by atoms with Crippen LogP contribution in [0.2, 0.25) is 0 Å². The molecule has 1 aliphatic rings. The second-order valence-corrected chi connectivity index (χ2v) is 8.33. The molecule has 0 unspecified atom stereocenters. The van der Waals surface area contributed by atoms with Crippen molar-refractivity contribution in [1.29, 1.82) is 0 Å². The first-order valence-corrected chi connectivity index (χ1v) is 8.97. The fourth-order valence-electron chi connectivity index (χ4n) is 1.85. The molecule has 2 aromatic heterocycles.